The zero-order valence-corrected chi connectivity index (χ0v) is 14.4. The maximum Gasteiger partial charge on any atom is 0.273 e. The SMILES string of the molecule is NCC1CCN(C(=O)c2c[nH]n3c(=O)cc(-c4ccccc4)nc23)CC1. The molecule has 1 aliphatic heterocycles. The van der Waals surface area contributed by atoms with E-state index in [9.17, 15) is 9.59 Å². The Morgan fingerprint density at radius 3 is 2.65 bits per heavy atom. The molecule has 1 amide bonds. The number of piperidine rings is 1. The summed E-state index contributed by atoms with van der Waals surface area (Å²) in [5, 5.41) is 2.85. The van der Waals surface area contributed by atoms with Crippen LogP contribution < -0.4 is 11.3 Å². The Balaban J connectivity index is 1.71. The molecule has 4 rings (SSSR count). The molecule has 134 valence electrons. The molecule has 0 radical (unpaired) electrons. The number of carbonyl (C=O) groups excluding carboxylic acids is 1. The zero-order valence-electron chi connectivity index (χ0n) is 14.4. The Kier molecular flexibility index (Phi) is 4.30. The van der Waals surface area contributed by atoms with Gasteiger partial charge in [0.05, 0.1) is 5.69 Å². The van der Waals surface area contributed by atoms with Crippen molar-refractivity contribution in [2.75, 3.05) is 19.6 Å². The number of aromatic amines is 1. The lowest BCUT2D eigenvalue weighted by Crippen LogP contribution is -2.40. The number of nitrogens with one attached hydrogen (secondary N) is 1. The lowest BCUT2D eigenvalue weighted by atomic mass is 9.97. The van der Waals surface area contributed by atoms with Crippen LogP contribution in [0.3, 0.4) is 0 Å². The van der Waals surface area contributed by atoms with Crippen LogP contribution in [-0.4, -0.2) is 45.0 Å². The molecule has 3 N–H and O–H groups in total. The molecule has 0 spiro atoms. The number of carbonyl (C=O) groups is 1. The summed E-state index contributed by atoms with van der Waals surface area (Å²) in [4.78, 5) is 31.8. The van der Waals surface area contributed by atoms with Gasteiger partial charge >= 0.3 is 0 Å². The molecule has 1 aliphatic rings. The normalized spacial score (nSPS) is 15.5. The van der Waals surface area contributed by atoms with Gasteiger partial charge in [0.2, 0.25) is 0 Å². The molecule has 0 unspecified atom stereocenters. The summed E-state index contributed by atoms with van der Waals surface area (Å²) in [5.41, 5.74) is 7.67. The molecule has 3 heterocycles. The number of likely N-dealkylation sites (tertiary alicyclic amines) is 1. The highest BCUT2D eigenvalue weighted by molar-refractivity contribution is 5.99. The van der Waals surface area contributed by atoms with Crippen molar-refractivity contribution in [3.8, 4) is 11.3 Å². The Bertz CT molecular complexity index is 984. The predicted molar refractivity (Wildman–Crippen MR) is 98.9 cm³/mol. The first kappa shape index (κ1) is 16.5. The Morgan fingerprint density at radius 2 is 1.96 bits per heavy atom. The monoisotopic (exact) mass is 351 g/mol. The van der Waals surface area contributed by atoms with Crippen molar-refractivity contribution >= 4 is 11.6 Å². The number of rotatable bonds is 3. The first-order valence-electron chi connectivity index (χ1n) is 8.83. The summed E-state index contributed by atoms with van der Waals surface area (Å²) < 4.78 is 1.31. The van der Waals surface area contributed by atoms with Crippen LogP contribution >= 0.6 is 0 Å². The molecular weight excluding hydrogens is 330 g/mol. The first-order chi connectivity index (χ1) is 12.7. The second-order valence-corrected chi connectivity index (χ2v) is 6.66. The van der Waals surface area contributed by atoms with Crippen LogP contribution in [0, 0.1) is 5.92 Å². The number of H-pyrrole nitrogens is 1. The van der Waals surface area contributed by atoms with Crippen LogP contribution in [0.15, 0.2) is 47.4 Å². The summed E-state index contributed by atoms with van der Waals surface area (Å²) in [5.74, 6) is 0.378. The average Bonchev–Trinajstić information content (AvgIpc) is 3.13. The van der Waals surface area contributed by atoms with Crippen LogP contribution in [-0.2, 0) is 0 Å². The fraction of sp³-hybridized carbons (Fsp3) is 0.316. The molecule has 0 aliphatic carbocycles. The molecule has 1 aromatic carbocycles. The van der Waals surface area contributed by atoms with Crippen molar-refractivity contribution < 1.29 is 4.79 Å². The molecule has 0 saturated carbocycles. The molecular formula is C19H21N5O2. The van der Waals surface area contributed by atoms with E-state index in [4.69, 9.17) is 5.73 Å². The number of fused-ring (bicyclic) bond motifs is 1. The molecule has 26 heavy (non-hydrogen) atoms. The molecule has 1 saturated heterocycles. The summed E-state index contributed by atoms with van der Waals surface area (Å²) in [6.07, 6.45) is 3.39. The van der Waals surface area contributed by atoms with Crippen LogP contribution in [0.5, 0.6) is 0 Å². The van der Waals surface area contributed by atoms with Gasteiger partial charge in [-0.3, -0.25) is 14.7 Å². The third kappa shape index (κ3) is 2.90. The highest BCUT2D eigenvalue weighted by Crippen LogP contribution is 2.21. The number of hydrogen-bond acceptors (Lipinski definition) is 4. The highest BCUT2D eigenvalue weighted by atomic mass is 16.2. The van der Waals surface area contributed by atoms with Crippen LogP contribution in [0.2, 0.25) is 0 Å². The number of aromatic nitrogens is 3. The minimum absolute atomic E-state index is 0.101. The molecule has 0 atom stereocenters. The number of nitrogens with two attached hydrogens (primary N) is 1. The quantitative estimate of drug-likeness (QED) is 0.747. The molecule has 3 aromatic rings. The fourth-order valence-corrected chi connectivity index (χ4v) is 3.44. The van der Waals surface area contributed by atoms with Crippen LogP contribution in [0.1, 0.15) is 23.2 Å². The van der Waals surface area contributed by atoms with Crippen LogP contribution in [0.25, 0.3) is 16.9 Å². The van der Waals surface area contributed by atoms with E-state index in [2.05, 4.69) is 10.1 Å². The van der Waals surface area contributed by atoms with E-state index in [0.29, 0.717) is 42.5 Å². The van der Waals surface area contributed by atoms with E-state index in [0.717, 1.165) is 18.4 Å². The van der Waals surface area contributed by atoms with Gasteiger partial charge in [0.25, 0.3) is 11.5 Å². The summed E-state index contributed by atoms with van der Waals surface area (Å²) in [6, 6.07) is 11.0. The maximum atomic E-state index is 12.9. The van der Waals surface area contributed by atoms with E-state index in [-0.39, 0.29) is 11.5 Å². The van der Waals surface area contributed by atoms with Crippen molar-refractivity contribution in [2.45, 2.75) is 12.8 Å². The molecule has 7 nitrogen and oxygen atoms in total. The third-order valence-corrected chi connectivity index (χ3v) is 5.03. The van der Waals surface area contributed by atoms with Crippen molar-refractivity contribution in [2.24, 2.45) is 11.7 Å². The number of hydrogen-bond donors (Lipinski definition) is 2. The first-order valence-corrected chi connectivity index (χ1v) is 8.83. The lowest BCUT2D eigenvalue weighted by molar-refractivity contribution is 0.0695. The average molecular weight is 351 g/mol. The fourth-order valence-electron chi connectivity index (χ4n) is 3.44. The molecule has 0 bridgehead atoms. The van der Waals surface area contributed by atoms with Gasteiger partial charge in [0.1, 0.15) is 5.56 Å². The standard InChI is InChI=1S/C19H21N5O2/c20-11-13-6-8-23(9-7-13)19(26)15-12-21-24-17(25)10-16(22-18(15)24)14-4-2-1-3-5-14/h1-5,10,12-13,21H,6-9,11,20H2. The van der Waals surface area contributed by atoms with Gasteiger partial charge in [0, 0.05) is 30.9 Å². The van der Waals surface area contributed by atoms with E-state index in [1.165, 1.54) is 10.6 Å². The summed E-state index contributed by atoms with van der Waals surface area (Å²) >= 11 is 0. The molecule has 7 heteroatoms. The van der Waals surface area contributed by atoms with Gasteiger partial charge in [-0.1, -0.05) is 30.3 Å². The van der Waals surface area contributed by atoms with E-state index in [1.54, 1.807) is 6.20 Å². The number of benzene rings is 1. The lowest BCUT2D eigenvalue weighted by Gasteiger charge is -2.31. The minimum atomic E-state index is -0.241. The summed E-state index contributed by atoms with van der Waals surface area (Å²) in [6.45, 7) is 2.02. The van der Waals surface area contributed by atoms with E-state index >= 15 is 0 Å². The minimum Gasteiger partial charge on any atom is -0.338 e. The second-order valence-electron chi connectivity index (χ2n) is 6.66. The largest absolute Gasteiger partial charge is 0.338 e. The Labute approximate surface area is 150 Å². The third-order valence-electron chi connectivity index (χ3n) is 5.03. The van der Waals surface area contributed by atoms with E-state index < -0.39 is 0 Å². The number of amides is 1. The number of nitrogens with zero attached hydrogens (tertiary/aromatic N) is 3. The van der Waals surface area contributed by atoms with Gasteiger partial charge in [-0.25, -0.2) is 9.50 Å². The van der Waals surface area contributed by atoms with Crippen molar-refractivity contribution in [1.82, 2.24) is 19.5 Å². The predicted octanol–water partition coefficient (Wildman–Crippen LogP) is 1.50. The van der Waals surface area contributed by atoms with E-state index in [1.807, 2.05) is 35.2 Å². The van der Waals surface area contributed by atoms with Gasteiger partial charge in [-0.2, -0.15) is 0 Å². The highest BCUT2D eigenvalue weighted by Gasteiger charge is 2.25. The molecule has 2 aromatic heterocycles. The Hall–Kier alpha value is -2.93. The van der Waals surface area contributed by atoms with Crippen molar-refractivity contribution in [1.29, 1.82) is 0 Å². The summed E-state index contributed by atoms with van der Waals surface area (Å²) in [7, 11) is 0. The molecule has 1 fully saturated rings. The zero-order chi connectivity index (χ0) is 18.1. The van der Waals surface area contributed by atoms with Crippen LogP contribution in [0.4, 0.5) is 0 Å². The van der Waals surface area contributed by atoms with Gasteiger partial charge in [-0.15, -0.1) is 0 Å². The second kappa shape index (κ2) is 6.76. The smallest absolute Gasteiger partial charge is 0.273 e. The van der Waals surface area contributed by atoms with Gasteiger partial charge in [0.15, 0.2) is 5.65 Å². The van der Waals surface area contributed by atoms with Gasteiger partial charge in [-0.05, 0) is 25.3 Å². The topological polar surface area (TPSA) is 96.5 Å². The Morgan fingerprint density at radius 1 is 1.23 bits per heavy atom. The maximum absolute atomic E-state index is 12.9. The van der Waals surface area contributed by atoms with Gasteiger partial charge < -0.3 is 10.6 Å². The van der Waals surface area contributed by atoms with Crippen molar-refractivity contribution in [3.63, 3.8) is 0 Å². The van der Waals surface area contributed by atoms with Crippen molar-refractivity contribution in [3.05, 3.63) is 58.5 Å².